The molecule has 1 atom stereocenters. The first-order valence-corrected chi connectivity index (χ1v) is 7.19. The first-order valence-electron chi connectivity index (χ1n) is 6.31. The average molecular weight is 273 g/mol. The van der Waals surface area contributed by atoms with Crippen molar-refractivity contribution >= 4 is 22.4 Å². The molecule has 1 amide bonds. The summed E-state index contributed by atoms with van der Waals surface area (Å²) in [4.78, 5) is 16.5. The predicted molar refractivity (Wildman–Crippen MR) is 76.1 cm³/mol. The topological polar surface area (TPSA) is 68.0 Å². The summed E-state index contributed by atoms with van der Waals surface area (Å²) in [5.74, 6) is 0.382. The maximum atomic E-state index is 12.0. The molecule has 2 aromatic rings. The molecule has 1 aliphatic rings. The number of hydrogen-bond acceptors (Lipinski definition) is 4. The maximum Gasteiger partial charge on any atom is 0.247 e. The Morgan fingerprint density at radius 3 is 2.79 bits per heavy atom. The van der Waals surface area contributed by atoms with E-state index in [-0.39, 0.29) is 5.91 Å². The molecule has 3 rings (SSSR count). The van der Waals surface area contributed by atoms with E-state index in [0.717, 1.165) is 11.3 Å². The molecular formula is C14H15N3OS. The van der Waals surface area contributed by atoms with Gasteiger partial charge in [-0.1, -0.05) is 30.3 Å². The summed E-state index contributed by atoms with van der Waals surface area (Å²) in [5, 5.41) is 5.44. The number of rotatable bonds is 4. The van der Waals surface area contributed by atoms with E-state index in [4.69, 9.17) is 5.73 Å². The van der Waals surface area contributed by atoms with Crippen LogP contribution in [0.2, 0.25) is 0 Å². The van der Waals surface area contributed by atoms with Gasteiger partial charge in [0.1, 0.15) is 6.04 Å². The number of nitrogens with one attached hydrogen (secondary N) is 1. The SMILES string of the molecule is NC(C(=O)Nc1nc(C2CC2)cs1)c1ccccc1. The van der Waals surface area contributed by atoms with Crippen LogP contribution in [0.5, 0.6) is 0 Å². The van der Waals surface area contributed by atoms with Gasteiger partial charge >= 0.3 is 0 Å². The van der Waals surface area contributed by atoms with Crippen LogP contribution in [0.4, 0.5) is 5.13 Å². The number of nitrogens with zero attached hydrogens (tertiary/aromatic N) is 1. The number of carbonyl (C=O) groups is 1. The number of benzene rings is 1. The average Bonchev–Trinajstić information content (AvgIpc) is 3.20. The molecule has 3 N–H and O–H groups in total. The van der Waals surface area contributed by atoms with Crippen LogP contribution >= 0.6 is 11.3 Å². The summed E-state index contributed by atoms with van der Waals surface area (Å²) in [6, 6.07) is 8.68. The van der Waals surface area contributed by atoms with Gasteiger partial charge in [-0.25, -0.2) is 4.98 Å². The third-order valence-corrected chi connectivity index (χ3v) is 3.96. The van der Waals surface area contributed by atoms with Crippen LogP contribution in [-0.4, -0.2) is 10.9 Å². The van der Waals surface area contributed by atoms with E-state index in [1.54, 1.807) is 0 Å². The number of anilines is 1. The standard InChI is InChI=1S/C14H15N3OS/c15-12(10-4-2-1-3-5-10)13(18)17-14-16-11(8-19-14)9-6-7-9/h1-5,8-9,12H,6-7,15H2,(H,16,17,18). The van der Waals surface area contributed by atoms with Crippen LogP contribution < -0.4 is 11.1 Å². The second-order valence-electron chi connectivity index (χ2n) is 4.73. The number of aromatic nitrogens is 1. The third kappa shape index (κ3) is 2.83. The van der Waals surface area contributed by atoms with Gasteiger partial charge < -0.3 is 11.1 Å². The molecule has 5 heteroatoms. The van der Waals surface area contributed by atoms with Crippen LogP contribution in [0.15, 0.2) is 35.7 Å². The van der Waals surface area contributed by atoms with Crippen LogP contribution in [0.1, 0.15) is 36.1 Å². The lowest BCUT2D eigenvalue weighted by Gasteiger charge is -2.10. The number of amides is 1. The van der Waals surface area contributed by atoms with Gasteiger partial charge in [0, 0.05) is 11.3 Å². The Morgan fingerprint density at radius 2 is 2.11 bits per heavy atom. The van der Waals surface area contributed by atoms with Gasteiger partial charge in [-0.05, 0) is 18.4 Å². The first kappa shape index (κ1) is 12.3. The van der Waals surface area contributed by atoms with Crippen LogP contribution in [0.25, 0.3) is 0 Å². The van der Waals surface area contributed by atoms with Crippen molar-refractivity contribution in [3.8, 4) is 0 Å². The Kier molecular flexibility index (Phi) is 3.31. The molecule has 1 unspecified atom stereocenters. The number of hydrogen-bond donors (Lipinski definition) is 2. The predicted octanol–water partition coefficient (Wildman–Crippen LogP) is 2.66. The molecular weight excluding hydrogens is 258 g/mol. The molecule has 0 spiro atoms. The minimum absolute atomic E-state index is 0.220. The zero-order valence-corrected chi connectivity index (χ0v) is 11.2. The number of nitrogens with two attached hydrogens (primary N) is 1. The molecule has 0 bridgehead atoms. The summed E-state index contributed by atoms with van der Waals surface area (Å²) in [6.45, 7) is 0. The second-order valence-corrected chi connectivity index (χ2v) is 5.59. The van der Waals surface area contributed by atoms with Crippen molar-refractivity contribution in [1.29, 1.82) is 0 Å². The van der Waals surface area contributed by atoms with Gasteiger partial charge in [0.25, 0.3) is 0 Å². The van der Waals surface area contributed by atoms with Crippen molar-refractivity contribution in [2.75, 3.05) is 5.32 Å². The van der Waals surface area contributed by atoms with Crippen molar-refractivity contribution in [3.05, 3.63) is 47.0 Å². The van der Waals surface area contributed by atoms with E-state index in [2.05, 4.69) is 10.3 Å². The smallest absolute Gasteiger partial charge is 0.247 e. The van der Waals surface area contributed by atoms with E-state index < -0.39 is 6.04 Å². The fraction of sp³-hybridized carbons (Fsp3) is 0.286. The van der Waals surface area contributed by atoms with Crippen LogP contribution in [-0.2, 0) is 4.79 Å². The fourth-order valence-corrected chi connectivity index (χ4v) is 2.70. The normalized spacial score (nSPS) is 16.1. The summed E-state index contributed by atoms with van der Waals surface area (Å²) in [7, 11) is 0. The molecule has 1 aliphatic carbocycles. The van der Waals surface area contributed by atoms with Gasteiger partial charge in [-0.15, -0.1) is 11.3 Å². The highest BCUT2D eigenvalue weighted by atomic mass is 32.1. The maximum absolute atomic E-state index is 12.0. The molecule has 0 saturated heterocycles. The highest BCUT2D eigenvalue weighted by Gasteiger charge is 2.26. The summed E-state index contributed by atoms with van der Waals surface area (Å²) in [5.41, 5.74) is 7.83. The largest absolute Gasteiger partial charge is 0.316 e. The quantitative estimate of drug-likeness (QED) is 0.900. The molecule has 4 nitrogen and oxygen atoms in total. The Balaban J connectivity index is 1.66. The summed E-state index contributed by atoms with van der Waals surface area (Å²) >= 11 is 1.46. The Bertz CT molecular complexity index is 577. The van der Waals surface area contributed by atoms with Gasteiger partial charge in [0.05, 0.1) is 5.69 Å². The third-order valence-electron chi connectivity index (χ3n) is 3.19. The van der Waals surface area contributed by atoms with E-state index in [0.29, 0.717) is 11.0 Å². The molecule has 1 saturated carbocycles. The van der Waals surface area contributed by atoms with Gasteiger partial charge in [0.15, 0.2) is 5.13 Å². The van der Waals surface area contributed by atoms with E-state index >= 15 is 0 Å². The molecule has 19 heavy (non-hydrogen) atoms. The zero-order chi connectivity index (χ0) is 13.2. The monoisotopic (exact) mass is 273 g/mol. The Labute approximate surface area is 115 Å². The molecule has 1 fully saturated rings. The molecule has 1 heterocycles. The van der Waals surface area contributed by atoms with E-state index in [9.17, 15) is 4.79 Å². The van der Waals surface area contributed by atoms with Gasteiger partial charge in [0.2, 0.25) is 5.91 Å². The van der Waals surface area contributed by atoms with Crippen LogP contribution in [0, 0.1) is 0 Å². The number of carbonyl (C=O) groups excluding carboxylic acids is 1. The van der Waals surface area contributed by atoms with E-state index in [1.165, 1.54) is 24.2 Å². The number of thiazole rings is 1. The Morgan fingerprint density at radius 1 is 1.37 bits per heavy atom. The molecule has 0 radical (unpaired) electrons. The lowest BCUT2D eigenvalue weighted by atomic mass is 10.1. The van der Waals surface area contributed by atoms with Crippen molar-refractivity contribution in [1.82, 2.24) is 4.98 Å². The van der Waals surface area contributed by atoms with Crippen molar-refractivity contribution < 1.29 is 4.79 Å². The molecule has 0 aliphatic heterocycles. The lowest BCUT2D eigenvalue weighted by Crippen LogP contribution is -2.27. The van der Waals surface area contributed by atoms with Gasteiger partial charge in [-0.3, -0.25) is 4.79 Å². The van der Waals surface area contributed by atoms with Crippen molar-refractivity contribution in [2.45, 2.75) is 24.8 Å². The first-order chi connectivity index (χ1) is 9.24. The minimum Gasteiger partial charge on any atom is -0.316 e. The van der Waals surface area contributed by atoms with E-state index in [1.807, 2.05) is 35.7 Å². The zero-order valence-electron chi connectivity index (χ0n) is 10.4. The second kappa shape index (κ2) is 5.11. The molecule has 1 aromatic carbocycles. The van der Waals surface area contributed by atoms with Gasteiger partial charge in [-0.2, -0.15) is 0 Å². The van der Waals surface area contributed by atoms with Crippen LogP contribution in [0.3, 0.4) is 0 Å². The van der Waals surface area contributed by atoms with Crippen molar-refractivity contribution in [3.63, 3.8) is 0 Å². The van der Waals surface area contributed by atoms with Crippen molar-refractivity contribution in [2.24, 2.45) is 5.73 Å². The lowest BCUT2D eigenvalue weighted by molar-refractivity contribution is -0.117. The minimum atomic E-state index is -0.658. The fourth-order valence-electron chi connectivity index (χ4n) is 1.91. The summed E-state index contributed by atoms with van der Waals surface area (Å²) in [6.07, 6.45) is 2.42. The Hall–Kier alpha value is -1.72. The molecule has 1 aromatic heterocycles. The molecule has 98 valence electrons. The summed E-state index contributed by atoms with van der Waals surface area (Å²) < 4.78 is 0. The highest BCUT2D eigenvalue weighted by molar-refractivity contribution is 7.13. The highest BCUT2D eigenvalue weighted by Crippen LogP contribution is 2.40.